The Morgan fingerprint density at radius 1 is 1.13 bits per heavy atom. The van der Waals surface area contributed by atoms with Crippen LogP contribution in [0.3, 0.4) is 0 Å². The smallest absolute Gasteiger partial charge is 0.413 e. The predicted molar refractivity (Wildman–Crippen MR) is 159 cm³/mol. The molecule has 0 aliphatic carbocycles. The third kappa shape index (κ3) is 4.53. The lowest BCUT2D eigenvalue weighted by Gasteiger charge is -2.46. The van der Waals surface area contributed by atoms with Gasteiger partial charge >= 0.3 is 18.1 Å². The second-order valence-corrected chi connectivity index (χ2v) is 11.3. The number of pyridine rings is 1. The fraction of sp³-hybridized carbons (Fsp3) is 0.344. The van der Waals surface area contributed by atoms with Gasteiger partial charge in [-0.3, -0.25) is 9.69 Å². The maximum absolute atomic E-state index is 16.7. The largest absolute Gasteiger partial charge is 0.508 e. The monoisotopic (exact) mass is 631 g/mol. The molecule has 2 saturated heterocycles. The molecule has 2 aromatic heterocycles. The van der Waals surface area contributed by atoms with Crippen molar-refractivity contribution in [2.75, 3.05) is 25.2 Å². The Kier molecular flexibility index (Phi) is 6.91. The van der Waals surface area contributed by atoms with E-state index in [0.29, 0.717) is 30.6 Å². The number of ether oxygens (including phenoxy) is 4. The van der Waals surface area contributed by atoms with Gasteiger partial charge in [0.2, 0.25) is 12.2 Å². The third-order valence-electron chi connectivity index (χ3n) is 8.62. The topological polar surface area (TPSA) is 136 Å². The quantitative estimate of drug-likeness (QED) is 0.196. The van der Waals surface area contributed by atoms with E-state index in [1.165, 1.54) is 45.2 Å². The summed E-state index contributed by atoms with van der Waals surface area (Å²) in [6.45, 7) is 3.02. The highest BCUT2D eigenvalue weighted by Gasteiger charge is 2.51. The van der Waals surface area contributed by atoms with Gasteiger partial charge in [-0.15, -0.1) is 6.42 Å². The molecular weight excluding hydrogens is 604 g/mol. The van der Waals surface area contributed by atoms with Gasteiger partial charge in [-0.25, -0.2) is 18.6 Å². The molecule has 0 saturated carbocycles. The van der Waals surface area contributed by atoms with Gasteiger partial charge < -0.3 is 29.0 Å². The second-order valence-electron chi connectivity index (χ2n) is 11.3. The van der Waals surface area contributed by atoms with Gasteiger partial charge in [0.25, 0.3) is 0 Å². The molecule has 236 valence electrons. The number of hydrogen-bond donors (Lipinski definition) is 1. The van der Waals surface area contributed by atoms with Crippen LogP contribution in [0, 0.1) is 24.0 Å². The number of aromatic nitrogens is 3. The standard InChI is InChI=1S/C32H27F2N5O7/c1-5-19-21(33)8-6-16-10-18(41)11-20(24(16)19)27-26(34)28-25-29(37-31(36-28)43-4)38-12-17-7-9-22(23(38)13-44-30(25)35-27)39(17)32(42)46-15(3)45-14(2)40/h1,6,8,10-11,15,17,22-23,41H,7,9,12-13H2,2-4H3. The minimum absolute atomic E-state index is 0.00193. The molecule has 12 nitrogen and oxygen atoms in total. The lowest BCUT2D eigenvalue weighted by atomic mass is 9.95. The summed E-state index contributed by atoms with van der Waals surface area (Å²) in [7, 11) is 1.35. The van der Waals surface area contributed by atoms with Crippen LogP contribution in [-0.2, 0) is 14.3 Å². The van der Waals surface area contributed by atoms with Gasteiger partial charge in [0.1, 0.15) is 40.6 Å². The highest BCUT2D eigenvalue weighted by molar-refractivity contribution is 6.04. The Hall–Kier alpha value is -5.45. The van der Waals surface area contributed by atoms with Crippen LogP contribution in [0.15, 0.2) is 24.3 Å². The van der Waals surface area contributed by atoms with Gasteiger partial charge in [0.05, 0.1) is 30.8 Å². The Bertz CT molecular complexity index is 2000. The van der Waals surface area contributed by atoms with Crippen LogP contribution in [-0.4, -0.2) is 81.7 Å². The summed E-state index contributed by atoms with van der Waals surface area (Å²) in [6, 6.07) is 4.00. The fourth-order valence-corrected chi connectivity index (χ4v) is 6.83. The van der Waals surface area contributed by atoms with Gasteiger partial charge in [0.15, 0.2) is 5.82 Å². The number of aromatic hydroxyl groups is 1. The van der Waals surface area contributed by atoms with E-state index in [-0.39, 0.29) is 69.4 Å². The highest BCUT2D eigenvalue weighted by Crippen LogP contribution is 2.46. The first-order valence-corrected chi connectivity index (χ1v) is 14.5. The number of phenolic OH excluding ortho intramolecular Hbond substituents is 1. The zero-order valence-corrected chi connectivity index (χ0v) is 24.9. The maximum Gasteiger partial charge on any atom is 0.413 e. The zero-order chi connectivity index (χ0) is 32.4. The number of esters is 1. The molecule has 3 aliphatic heterocycles. The van der Waals surface area contributed by atoms with Crippen molar-refractivity contribution >= 4 is 39.6 Å². The zero-order valence-electron chi connectivity index (χ0n) is 24.9. The molecule has 0 spiro atoms. The maximum atomic E-state index is 16.7. The summed E-state index contributed by atoms with van der Waals surface area (Å²) in [5.41, 5.74) is -0.521. The molecule has 14 heteroatoms. The van der Waals surface area contributed by atoms with E-state index in [0.717, 1.165) is 0 Å². The Morgan fingerprint density at radius 3 is 2.67 bits per heavy atom. The molecular formula is C32H27F2N5O7. The Labute approximate surface area is 260 Å². The number of methoxy groups -OCH3 is 1. The fourth-order valence-electron chi connectivity index (χ4n) is 6.83. The van der Waals surface area contributed by atoms with E-state index >= 15 is 4.39 Å². The molecule has 1 amide bonds. The molecule has 1 N–H and O–H groups in total. The number of nitrogens with zero attached hydrogens (tertiary/aromatic N) is 5. The lowest BCUT2D eigenvalue weighted by Crippen LogP contribution is -2.63. The van der Waals surface area contributed by atoms with Crippen LogP contribution in [0.5, 0.6) is 17.6 Å². The summed E-state index contributed by atoms with van der Waals surface area (Å²) in [6.07, 6.45) is 5.23. The number of hydrogen-bond acceptors (Lipinski definition) is 11. The van der Waals surface area contributed by atoms with Crippen molar-refractivity contribution in [3.63, 3.8) is 0 Å². The molecule has 2 aromatic carbocycles. The molecule has 2 fully saturated rings. The minimum atomic E-state index is -1.08. The highest BCUT2D eigenvalue weighted by atomic mass is 19.1. The number of anilines is 1. The number of piperazine rings is 1. The molecule has 5 heterocycles. The van der Waals surface area contributed by atoms with Crippen molar-refractivity contribution in [3.8, 4) is 41.2 Å². The van der Waals surface area contributed by atoms with Gasteiger partial charge in [0, 0.05) is 31.3 Å². The lowest BCUT2D eigenvalue weighted by molar-refractivity contribution is -0.163. The normalized spacial score (nSPS) is 20.4. The van der Waals surface area contributed by atoms with Crippen LogP contribution in [0.4, 0.5) is 19.4 Å². The summed E-state index contributed by atoms with van der Waals surface area (Å²) in [4.78, 5) is 41.6. The van der Waals surface area contributed by atoms with Crippen molar-refractivity contribution in [1.29, 1.82) is 0 Å². The van der Waals surface area contributed by atoms with Crippen LogP contribution >= 0.6 is 0 Å². The van der Waals surface area contributed by atoms with Crippen molar-refractivity contribution in [2.24, 2.45) is 0 Å². The third-order valence-corrected chi connectivity index (χ3v) is 8.62. The minimum Gasteiger partial charge on any atom is -0.508 e. The molecule has 7 rings (SSSR count). The van der Waals surface area contributed by atoms with Gasteiger partial charge in [-0.1, -0.05) is 12.0 Å². The van der Waals surface area contributed by atoms with E-state index in [1.807, 2.05) is 4.90 Å². The number of phenols is 1. The predicted octanol–water partition coefficient (Wildman–Crippen LogP) is 4.28. The van der Waals surface area contributed by atoms with Crippen molar-refractivity contribution in [1.82, 2.24) is 19.9 Å². The number of rotatable bonds is 4. The molecule has 46 heavy (non-hydrogen) atoms. The molecule has 4 unspecified atom stereocenters. The first kappa shape index (κ1) is 29.3. The molecule has 4 aromatic rings. The summed E-state index contributed by atoms with van der Waals surface area (Å²) in [5, 5.41) is 11.3. The van der Waals surface area contributed by atoms with Crippen LogP contribution in [0.25, 0.3) is 32.9 Å². The van der Waals surface area contributed by atoms with E-state index in [4.69, 9.17) is 25.4 Å². The molecule has 3 aliphatic rings. The molecule has 2 bridgehead atoms. The number of fused-ring (bicyclic) bond motifs is 6. The average molecular weight is 632 g/mol. The number of benzene rings is 2. The van der Waals surface area contributed by atoms with Crippen molar-refractivity contribution in [2.45, 2.75) is 51.1 Å². The number of amides is 1. The number of carbonyl (C=O) groups excluding carboxylic acids is 2. The number of terminal acetylenes is 1. The van der Waals surface area contributed by atoms with E-state index in [9.17, 15) is 19.1 Å². The number of halogens is 2. The molecule has 4 atom stereocenters. The summed E-state index contributed by atoms with van der Waals surface area (Å²) < 4.78 is 53.5. The van der Waals surface area contributed by atoms with Crippen LogP contribution < -0.4 is 14.4 Å². The van der Waals surface area contributed by atoms with E-state index in [1.54, 1.807) is 4.90 Å². The van der Waals surface area contributed by atoms with Crippen LogP contribution in [0.2, 0.25) is 0 Å². The summed E-state index contributed by atoms with van der Waals surface area (Å²) in [5.74, 6) is 0.271. The van der Waals surface area contributed by atoms with Crippen LogP contribution in [0.1, 0.15) is 32.3 Å². The van der Waals surface area contributed by atoms with E-state index in [2.05, 4.69) is 20.9 Å². The number of carbonyl (C=O) groups is 2. The SMILES string of the molecule is C#Cc1c(F)ccc2cc(O)cc(-c3nc4c5c(nc(OC)nc5c3F)N3CC5CCC(C3CO4)N5C(=O)OC(C)OC(C)=O)c12. The van der Waals surface area contributed by atoms with Crippen molar-refractivity contribution < 1.29 is 42.4 Å². The summed E-state index contributed by atoms with van der Waals surface area (Å²) >= 11 is 0. The first-order chi connectivity index (χ1) is 22.1. The second kappa shape index (κ2) is 10.9. The van der Waals surface area contributed by atoms with Crippen molar-refractivity contribution in [3.05, 3.63) is 41.5 Å². The van der Waals surface area contributed by atoms with E-state index < -0.39 is 36.0 Å². The molecule has 0 radical (unpaired) electrons. The average Bonchev–Trinajstić information content (AvgIpc) is 3.25. The Balaban J connectivity index is 1.36. The van der Waals surface area contributed by atoms with Gasteiger partial charge in [-0.2, -0.15) is 9.97 Å². The van der Waals surface area contributed by atoms with Gasteiger partial charge in [-0.05, 0) is 36.4 Å². The first-order valence-electron chi connectivity index (χ1n) is 14.5. The Morgan fingerprint density at radius 2 is 1.93 bits per heavy atom.